The molecule has 0 amide bonds. The van der Waals surface area contributed by atoms with Crippen molar-refractivity contribution >= 4 is 0 Å². The van der Waals surface area contributed by atoms with Crippen LogP contribution in [-0.4, -0.2) is 0 Å². The van der Waals surface area contributed by atoms with Crippen LogP contribution in [0.2, 0.25) is 0 Å². The summed E-state index contributed by atoms with van der Waals surface area (Å²) >= 11 is 0. The normalized spacial score (nSPS) is 36.1. The summed E-state index contributed by atoms with van der Waals surface area (Å²) in [5.41, 5.74) is 1.53. The van der Waals surface area contributed by atoms with Crippen LogP contribution in [0, 0.1) is 18.3 Å². The van der Waals surface area contributed by atoms with Crippen molar-refractivity contribution in [1.29, 1.82) is 0 Å². The van der Waals surface area contributed by atoms with Crippen molar-refractivity contribution in [1.82, 2.24) is 0 Å². The molecule has 0 fully saturated rings. The standard InChI is InChI=1S/C9H15/c1-7-4-5-8(2)9(3)6-7/h5-6,8-9H,4H2,1-3H3. The summed E-state index contributed by atoms with van der Waals surface area (Å²) in [4.78, 5) is 0. The summed E-state index contributed by atoms with van der Waals surface area (Å²) in [5, 5.41) is 0. The fourth-order valence-corrected chi connectivity index (χ4v) is 1.26. The first-order valence-electron chi connectivity index (χ1n) is 3.71. The molecule has 0 saturated heterocycles. The van der Waals surface area contributed by atoms with Gasteiger partial charge in [0.05, 0.1) is 0 Å². The molecular weight excluding hydrogens is 108 g/mol. The molecule has 0 aromatic heterocycles. The summed E-state index contributed by atoms with van der Waals surface area (Å²) in [6, 6.07) is 0. The van der Waals surface area contributed by atoms with Gasteiger partial charge in [-0.1, -0.05) is 25.5 Å². The number of hydrogen-bond donors (Lipinski definition) is 0. The van der Waals surface area contributed by atoms with E-state index < -0.39 is 0 Å². The lowest BCUT2D eigenvalue weighted by atomic mass is 9.84. The highest BCUT2D eigenvalue weighted by Gasteiger charge is 2.14. The van der Waals surface area contributed by atoms with E-state index in [1.54, 1.807) is 0 Å². The molecule has 0 nitrogen and oxygen atoms in total. The summed E-state index contributed by atoms with van der Waals surface area (Å²) in [5.74, 6) is 1.55. The first kappa shape index (κ1) is 6.85. The van der Waals surface area contributed by atoms with E-state index in [4.69, 9.17) is 0 Å². The predicted molar refractivity (Wildman–Crippen MR) is 41.0 cm³/mol. The Bertz CT molecular complexity index is 122. The minimum absolute atomic E-state index is 0.763. The second-order valence-corrected chi connectivity index (χ2v) is 3.17. The minimum atomic E-state index is 0.763. The Morgan fingerprint density at radius 3 is 2.44 bits per heavy atom. The van der Waals surface area contributed by atoms with Gasteiger partial charge in [0.1, 0.15) is 0 Å². The minimum Gasteiger partial charge on any atom is -0.0825 e. The summed E-state index contributed by atoms with van der Waals surface area (Å²) in [6.07, 6.45) is 5.98. The van der Waals surface area contributed by atoms with Crippen molar-refractivity contribution in [3.8, 4) is 0 Å². The summed E-state index contributed by atoms with van der Waals surface area (Å²) in [6.45, 7) is 6.77. The maximum atomic E-state index is 2.40. The third-order valence-corrected chi connectivity index (χ3v) is 2.19. The van der Waals surface area contributed by atoms with E-state index in [0.717, 1.165) is 11.8 Å². The van der Waals surface area contributed by atoms with Gasteiger partial charge in [-0.25, -0.2) is 0 Å². The third-order valence-electron chi connectivity index (χ3n) is 2.19. The molecule has 51 valence electrons. The highest BCUT2D eigenvalue weighted by molar-refractivity contribution is 5.11. The largest absolute Gasteiger partial charge is 0.0825 e. The molecule has 0 spiro atoms. The van der Waals surface area contributed by atoms with Crippen molar-refractivity contribution in [3.05, 3.63) is 18.1 Å². The van der Waals surface area contributed by atoms with Gasteiger partial charge in [0.15, 0.2) is 0 Å². The Balaban J connectivity index is 2.58. The lowest BCUT2D eigenvalue weighted by Gasteiger charge is -2.22. The molecule has 0 aromatic rings. The van der Waals surface area contributed by atoms with Crippen LogP contribution < -0.4 is 0 Å². The molecule has 0 N–H and O–H groups in total. The van der Waals surface area contributed by atoms with Gasteiger partial charge in [0.25, 0.3) is 0 Å². The quantitative estimate of drug-likeness (QED) is 0.434. The molecule has 0 aromatic carbocycles. The van der Waals surface area contributed by atoms with Gasteiger partial charge in [-0.15, -0.1) is 0 Å². The third kappa shape index (κ3) is 1.57. The smallest absolute Gasteiger partial charge is 0.0231 e. The first-order chi connectivity index (χ1) is 4.20. The molecule has 0 aliphatic heterocycles. The van der Waals surface area contributed by atoms with Crippen molar-refractivity contribution in [2.45, 2.75) is 27.2 Å². The fourth-order valence-electron chi connectivity index (χ4n) is 1.26. The fraction of sp³-hybridized carbons (Fsp3) is 0.667. The molecule has 0 heteroatoms. The highest BCUT2D eigenvalue weighted by Crippen LogP contribution is 2.26. The Hall–Kier alpha value is -0.260. The SMILES string of the molecule is CC1=CC(C)C(C)[CH]C1. The zero-order chi connectivity index (χ0) is 6.85. The molecule has 2 unspecified atom stereocenters. The molecule has 0 saturated carbocycles. The molecular formula is C9H15. The summed E-state index contributed by atoms with van der Waals surface area (Å²) < 4.78 is 0. The van der Waals surface area contributed by atoms with Crippen LogP contribution >= 0.6 is 0 Å². The van der Waals surface area contributed by atoms with Crippen LogP contribution in [0.4, 0.5) is 0 Å². The zero-order valence-corrected chi connectivity index (χ0v) is 6.52. The van der Waals surface area contributed by atoms with Crippen molar-refractivity contribution < 1.29 is 0 Å². The van der Waals surface area contributed by atoms with Gasteiger partial charge in [-0.05, 0) is 31.6 Å². The lowest BCUT2D eigenvalue weighted by molar-refractivity contribution is 0.491. The monoisotopic (exact) mass is 123 g/mol. The average molecular weight is 123 g/mol. The summed E-state index contributed by atoms with van der Waals surface area (Å²) in [7, 11) is 0. The number of hydrogen-bond acceptors (Lipinski definition) is 0. The van der Waals surface area contributed by atoms with Gasteiger partial charge in [0, 0.05) is 0 Å². The zero-order valence-electron chi connectivity index (χ0n) is 6.52. The second-order valence-electron chi connectivity index (χ2n) is 3.17. The maximum absolute atomic E-state index is 2.40. The Labute approximate surface area is 58.0 Å². The Kier molecular flexibility index (Phi) is 1.94. The van der Waals surface area contributed by atoms with E-state index in [2.05, 4.69) is 33.3 Å². The number of rotatable bonds is 0. The average Bonchev–Trinajstić information content (AvgIpc) is 1.80. The predicted octanol–water partition coefficient (Wildman–Crippen LogP) is 2.81. The molecule has 0 heterocycles. The van der Waals surface area contributed by atoms with Crippen LogP contribution in [0.3, 0.4) is 0 Å². The molecule has 0 bridgehead atoms. The molecule has 1 aliphatic rings. The van der Waals surface area contributed by atoms with Crippen LogP contribution in [-0.2, 0) is 0 Å². The van der Waals surface area contributed by atoms with Crippen molar-refractivity contribution in [2.75, 3.05) is 0 Å². The van der Waals surface area contributed by atoms with E-state index in [1.165, 1.54) is 12.0 Å². The van der Waals surface area contributed by atoms with Gasteiger partial charge in [0.2, 0.25) is 0 Å². The Morgan fingerprint density at radius 1 is 1.33 bits per heavy atom. The van der Waals surface area contributed by atoms with Crippen molar-refractivity contribution in [2.24, 2.45) is 11.8 Å². The van der Waals surface area contributed by atoms with E-state index in [-0.39, 0.29) is 0 Å². The van der Waals surface area contributed by atoms with Crippen molar-refractivity contribution in [3.63, 3.8) is 0 Å². The molecule has 9 heavy (non-hydrogen) atoms. The molecule has 2 atom stereocenters. The van der Waals surface area contributed by atoms with E-state index >= 15 is 0 Å². The maximum Gasteiger partial charge on any atom is -0.0231 e. The van der Waals surface area contributed by atoms with Gasteiger partial charge < -0.3 is 0 Å². The molecule has 1 aliphatic carbocycles. The Morgan fingerprint density at radius 2 is 2.00 bits per heavy atom. The van der Waals surface area contributed by atoms with Gasteiger partial charge in [-0.3, -0.25) is 0 Å². The van der Waals surface area contributed by atoms with Crippen LogP contribution in [0.5, 0.6) is 0 Å². The second kappa shape index (κ2) is 2.55. The van der Waals surface area contributed by atoms with Gasteiger partial charge in [-0.2, -0.15) is 0 Å². The van der Waals surface area contributed by atoms with Crippen LogP contribution in [0.1, 0.15) is 27.2 Å². The molecule has 1 rings (SSSR count). The topological polar surface area (TPSA) is 0 Å². The first-order valence-corrected chi connectivity index (χ1v) is 3.71. The van der Waals surface area contributed by atoms with Crippen LogP contribution in [0.25, 0.3) is 0 Å². The van der Waals surface area contributed by atoms with Gasteiger partial charge >= 0.3 is 0 Å². The van der Waals surface area contributed by atoms with E-state index in [1.807, 2.05) is 0 Å². The van der Waals surface area contributed by atoms with Crippen LogP contribution in [0.15, 0.2) is 11.6 Å². The molecule has 1 radical (unpaired) electrons. The van der Waals surface area contributed by atoms with E-state index in [0.29, 0.717) is 0 Å². The van der Waals surface area contributed by atoms with E-state index in [9.17, 15) is 0 Å². The number of allylic oxidation sites excluding steroid dienone is 2. The lowest BCUT2D eigenvalue weighted by Crippen LogP contribution is -2.11. The highest BCUT2D eigenvalue weighted by atomic mass is 14.2.